The van der Waals surface area contributed by atoms with Gasteiger partial charge in [-0.3, -0.25) is 9.36 Å². The van der Waals surface area contributed by atoms with Gasteiger partial charge in [0.05, 0.1) is 11.1 Å². The SMILES string of the molecule is CC1Cc2c(n(-c3ccccc3)c3ccccc3c2=O)O1. The van der Waals surface area contributed by atoms with Crippen molar-refractivity contribution in [3.8, 4) is 11.6 Å². The molecule has 1 aliphatic rings. The Labute approximate surface area is 122 Å². The highest BCUT2D eigenvalue weighted by molar-refractivity contribution is 5.83. The van der Waals surface area contributed by atoms with Gasteiger partial charge in [0.1, 0.15) is 6.10 Å². The zero-order valence-electron chi connectivity index (χ0n) is 11.7. The smallest absolute Gasteiger partial charge is 0.206 e. The molecule has 4 rings (SSSR count). The summed E-state index contributed by atoms with van der Waals surface area (Å²) in [5, 5.41) is 0.748. The van der Waals surface area contributed by atoms with Crippen molar-refractivity contribution in [2.75, 3.05) is 0 Å². The average Bonchev–Trinajstić information content (AvgIpc) is 2.90. The summed E-state index contributed by atoms with van der Waals surface area (Å²) >= 11 is 0. The molecule has 104 valence electrons. The van der Waals surface area contributed by atoms with Gasteiger partial charge in [0.25, 0.3) is 0 Å². The van der Waals surface area contributed by atoms with Crippen LogP contribution < -0.4 is 10.2 Å². The minimum atomic E-state index is 0.0412. The van der Waals surface area contributed by atoms with Gasteiger partial charge in [0.15, 0.2) is 5.43 Å². The van der Waals surface area contributed by atoms with Crippen LogP contribution in [0.4, 0.5) is 0 Å². The fourth-order valence-corrected chi connectivity index (χ4v) is 3.02. The van der Waals surface area contributed by atoms with Crippen molar-refractivity contribution in [3.05, 3.63) is 70.4 Å². The predicted octanol–water partition coefficient (Wildman–Crippen LogP) is 3.31. The van der Waals surface area contributed by atoms with Crippen molar-refractivity contribution in [3.63, 3.8) is 0 Å². The van der Waals surface area contributed by atoms with Crippen molar-refractivity contribution in [1.29, 1.82) is 0 Å². The maximum absolute atomic E-state index is 12.7. The van der Waals surface area contributed by atoms with Gasteiger partial charge < -0.3 is 4.74 Å². The summed E-state index contributed by atoms with van der Waals surface area (Å²) in [4.78, 5) is 12.7. The van der Waals surface area contributed by atoms with Gasteiger partial charge in [-0.05, 0) is 31.2 Å². The van der Waals surface area contributed by atoms with E-state index in [-0.39, 0.29) is 11.5 Å². The minimum absolute atomic E-state index is 0.0412. The number of aromatic nitrogens is 1. The molecule has 3 heteroatoms. The molecular formula is C18H15NO2. The van der Waals surface area contributed by atoms with Crippen molar-refractivity contribution >= 4 is 10.9 Å². The van der Waals surface area contributed by atoms with E-state index in [9.17, 15) is 4.79 Å². The van der Waals surface area contributed by atoms with Crippen LogP contribution in [0.5, 0.6) is 5.88 Å². The van der Waals surface area contributed by atoms with Crippen molar-refractivity contribution in [1.82, 2.24) is 4.57 Å². The second-order valence-corrected chi connectivity index (χ2v) is 5.43. The molecule has 0 saturated heterocycles. The molecule has 21 heavy (non-hydrogen) atoms. The highest BCUT2D eigenvalue weighted by Gasteiger charge is 2.27. The number of pyridine rings is 1. The zero-order valence-corrected chi connectivity index (χ0v) is 11.7. The van der Waals surface area contributed by atoms with Crippen molar-refractivity contribution in [2.45, 2.75) is 19.4 Å². The molecule has 3 nitrogen and oxygen atoms in total. The van der Waals surface area contributed by atoms with E-state index in [4.69, 9.17) is 4.74 Å². The van der Waals surface area contributed by atoms with Crippen molar-refractivity contribution in [2.24, 2.45) is 0 Å². The van der Waals surface area contributed by atoms with Crippen LogP contribution in [0.15, 0.2) is 59.4 Å². The van der Waals surface area contributed by atoms with E-state index in [2.05, 4.69) is 4.57 Å². The van der Waals surface area contributed by atoms with Gasteiger partial charge in [-0.2, -0.15) is 0 Å². The summed E-state index contributed by atoms with van der Waals surface area (Å²) in [6, 6.07) is 17.7. The highest BCUT2D eigenvalue weighted by Crippen LogP contribution is 2.32. The molecule has 2 aromatic carbocycles. The third-order valence-corrected chi connectivity index (χ3v) is 3.94. The molecule has 0 bridgehead atoms. The molecule has 2 heterocycles. The first-order valence-electron chi connectivity index (χ1n) is 7.14. The summed E-state index contributed by atoms with van der Waals surface area (Å²) in [7, 11) is 0. The third kappa shape index (κ3) is 1.77. The van der Waals surface area contributed by atoms with Crippen molar-refractivity contribution < 1.29 is 4.74 Å². The van der Waals surface area contributed by atoms with E-state index in [0.29, 0.717) is 12.3 Å². The first-order valence-corrected chi connectivity index (χ1v) is 7.14. The first-order chi connectivity index (χ1) is 10.3. The van der Waals surface area contributed by atoms with E-state index < -0.39 is 0 Å². The average molecular weight is 277 g/mol. The van der Waals surface area contributed by atoms with Crippen LogP contribution in [0.1, 0.15) is 12.5 Å². The number of nitrogens with zero attached hydrogens (tertiary/aromatic N) is 1. The maximum Gasteiger partial charge on any atom is 0.206 e. The molecular weight excluding hydrogens is 262 g/mol. The Morgan fingerprint density at radius 3 is 2.57 bits per heavy atom. The number of rotatable bonds is 1. The Morgan fingerprint density at radius 2 is 1.76 bits per heavy atom. The number of hydrogen-bond acceptors (Lipinski definition) is 2. The number of ether oxygens (including phenoxy) is 1. The lowest BCUT2D eigenvalue weighted by molar-refractivity contribution is 0.242. The van der Waals surface area contributed by atoms with Crippen LogP contribution in [-0.2, 0) is 6.42 Å². The third-order valence-electron chi connectivity index (χ3n) is 3.94. The van der Waals surface area contributed by atoms with Crippen LogP contribution in [0, 0.1) is 0 Å². The summed E-state index contributed by atoms with van der Waals surface area (Å²) in [6.07, 6.45) is 0.714. The number of benzene rings is 2. The van der Waals surface area contributed by atoms with E-state index in [1.165, 1.54) is 0 Å². The molecule has 0 saturated carbocycles. The van der Waals surface area contributed by atoms with E-state index in [1.807, 2.05) is 61.5 Å². The van der Waals surface area contributed by atoms with E-state index in [1.54, 1.807) is 0 Å². The number of fused-ring (bicyclic) bond motifs is 2. The molecule has 3 aromatic rings. The fourth-order valence-electron chi connectivity index (χ4n) is 3.02. The zero-order chi connectivity index (χ0) is 14.4. The second-order valence-electron chi connectivity index (χ2n) is 5.43. The molecule has 0 amide bonds. The Kier molecular flexibility index (Phi) is 2.61. The summed E-state index contributed by atoms with van der Waals surface area (Å²) in [6.45, 7) is 2.00. The Bertz CT molecular complexity index is 881. The van der Waals surface area contributed by atoms with Crippen LogP contribution >= 0.6 is 0 Å². The molecule has 1 aliphatic heterocycles. The van der Waals surface area contributed by atoms with Gasteiger partial charge in [-0.15, -0.1) is 0 Å². The first kappa shape index (κ1) is 12.2. The van der Waals surface area contributed by atoms with Gasteiger partial charge in [-0.25, -0.2) is 0 Å². The molecule has 0 N–H and O–H groups in total. The summed E-state index contributed by atoms with van der Waals surface area (Å²) in [5.74, 6) is 0.692. The topological polar surface area (TPSA) is 31.2 Å². The number of hydrogen-bond donors (Lipinski definition) is 0. The monoisotopic (exact) mass is 277 g/mol. The quantitative estimate of drug-likeness (QED) is 0.683. The fraction of sp³-hybridized carbons (Fsp3) is 0.167. The largest absolute Gasteiger partial charge is 0.475 e. The summed E-state index contributed by atoms with van der Waals surface area (Å²) in [5.41, 5.74) is 2.78. The van der Waals surface area contributed by atoms with E-state index >= 15 is 0 Å². The highest BCUT2D eigenvalue weighted by atomic mass is 16.5. The summed E-state index contributed by atoms with van der Waals surface area (Å²) < 4.78 is 8.00. The lowest BCUT2D eigenvalue weighted by Gasteiger charge is -2.16. The van der Waals surface area contributed by atoms with Gasteiger partial charge in [0.2, 0.25) is 5.88 Å². The van der Waals surface area contributed by atoms with Gasteiger partial charge in [0, 0.05) is 17.5 Å². The molecule has 1 unspecified atom stereocenters. The van der Waals surface area contributed by atoms with Crippen LogP contribution in [0.3, 0.4) is 0 Å². The number of para-hydroxylation sites is 2. The molecule has 0 radical (unpaired) electrons. The molecule has 1 aromatic heterocycles. The molecule has 0 aliphatic carbocycles. The lowest BCUT2D eigenvalue weighted by atomic mass is 10.1. The van der Waals surface area contributed by atoms with E-state index in [0.717, 1.165) is 22.2 Å². The molecule has 0 fully saturated rings. The predicted molar refractivity (Wildman–Crippen MR) is 83.3 cm³/mol. The maximum atomic E-state index is 12.7. The normalized spacial score (nSPS) is 16.7. The Hall–Kier alpha value is -2.55. The second kappa shape index (κ2) is 4.48. The molecule has 0 spiro atoms. The van der Waals surface area contributed by atoms with Crippen LogP contribution in [0.2, 0.25) is 0 Å². The Balaban J connectivity index is 2.17. The van der Waals surface area contributed by atoms with Gasteiger partial charge >= 0.3 is 0 Å². The van der Waals surface area contributed by atoms with Gasteiger partial charge in [-0.1, -0.05) is 30.3 Å². The Morgan fingerprint density at radius 1 is 1.05 bits per heavy atom. The van der Waals surface area contributed by atoms with Crippen LogP contribution in [0.25, 0.3) is 16.6 Å². The molecule has 1 atom stereocenters. The van der Waals surface area contributed by atoms with Crippen LogP contribution in [-0.4, -0.2) is 10.7 Å². The lowest BCUT2D eigenvalue weighted by Crippen LogP contribution is -2.13. The minimum Gasteiger partial charge on any atom is -0.475 e. The standard InChI is InChI=1S/C18H15NO2/c1-12-11-15-17(20)14-9-5-6-10-16(14)19(18(15)21-12)13-7-3-2-4-8-13/h2-10,12H,11H2,1H3.